The number of halogens is 3. The Hall–Kier alpha value is -3.21. The standard InChI is InChI=1S/C20H17F3N4O3S/c1-29-15-6-8-16(9-7-15)30-11-17-24-25-19-27(17)26(18(28)12-31-19)10-13-2-4-14(5-3-13)20(21,22)23/h2-9H,10-12H2,1H3. The van der Waals surface area contributed by atoms with E-state index in [1.54, 1.807) is 36.1 Å². The molecule has 1 aliphatic heterocycles. The summed E-state index contributed by atoms with van der Waals surface area (Å²) in [7, 11) is 1.57. The van der Waals surface area contributed by atoms with E-state index in [2.05, 4.69) is 10.2 Å². The van der Waals surface area contributed by atoms with Gasteiger partial charge in [0.15, 0.2) is 5.82 Å². The van der Waals surface area contributed by atoms with Gasteiger partial charge in [-0.3, -0.25) is 4.79 Å². The van der Waals surface area contributed by atoms with Gasteiger partial charge in [0.05, 0.1) is 25.0 Å². The predicted molar refractivity (Wildman–Crippen MR) is 106 cm³/mol. The molecule has 0 spiro atoms. The zero-order valence-electron chi connectivity index (χ0n) is 16.3. The van der Waals surface area contributed by atoms with Crippen molar-refractivity contribution in [3.8, 4) is 11.5 Å². The maximum Gasteiger partial charge on any atom is 0.416 e. The van der Waals surface area contributed by atoms with Gasteiger partial charge in [0.2, 0.25) is 5.16 Å². The minimum absolute atomic E-state index is 0.0523. The molecule has 0 fully saturated rings. The van der Waals surface area contributed by atoms with Crippen molar-refractivity contribution < 1.29 is 27.4 Å². The number of amides is 1. The van der Waals surface area contributed by atoms with Crippen LogP contribution in [0.5, 0.6) is 11.5 Å². The van der Waals surface area contributed by atoms with Gasteiger partial charge >= 0.3 is 6.18 Å². The van der Waals surface area contributed by atoms with Crippen LogP contribution in [0.1, 0.15) is 17.0 Å². The minimum Gasteiger partial charge on any atom is -0.497 e. The Balaban J connectivity index is 1.53. The van der Waals surface area contributed by atoms with Gasteiger partial charge in [-0.25, -0.2) is 9.69 Å². The number of thioether (sulfide) groups is 1. The number of ether oxygens (including phenoxy) is 2. The summed E-state index contributed by atoms with van der Waals surface area (Å²) in [4.78, 5) is 12.6. The number of hydrogen-bond donors (Lipinski definition) is 0. The average Bonchev–Trinajstić information content (AvgIpc) is 3.17. The maximum atomic E-state index is 12.8. The van der Waals surface area contributed by atoms with Gasteiger partial charge in [0.25, 0.3) is 5.91 Å². The van der Waals surface area contributed by atoms with Gasteiger partial charge in [-0.2, -0.15) is 13.2 Å². The molecule has 1 aromatic heterocycles. The number of hydrogen-bond acceptors (Lipinski definition) is 6. The van der Waals surface area contributed by atoms with Crippen LogP contribution in [-0.4, -0.2) is 33.6 Å². The SMILES string of the molecule is COc1ccc(OCc2nnc3n2N(Cc2ccc(C(F)(F)F)cc2)C(=O)CS3)cc1. The Morgan fingerprint density at radius 2 is 1.71 bits per heavy atom. The van der Waals surface area contributed by atoms with Gasteiger partial charge < -0.3 is 9.47 Å². The lowest BCUT2D eigenvalue weighted by atomic mass is 10.1. The van der Waals surface area contributed by atoms with Crippen molar-refractivity contribution in [3.05, 3.63) is 65.5 Å². The second kappa shape index (κ2) is 8.50. The molecule has 1 aliphatic rings. The van der Waals surface area contributed by atoms with Gasteiger partial charge in [0, 0.05) is 0 Å². The number of fused-ring (bicyclic) bond motifs is 1. The van der Waals surface area contributed by atoms with Crippen molar-refractivity contribution in [2.75, 3.05) is 17.9 Å². The number of carbonyl (C=O) groups excluding carboxylic acids is 1. The zero-order valence-corrected chi connectivity index (χ0v) is 17.1. The van der Waals surface area contributed by atoms with Crippen LogP contribution in [0.3, 0.4) is 0 Å². The summed E-state index contributed by atoms with van der Waals surface area (Å²) < 4.78 is 50.8. The van der Waals surface area contributed by atoms with E-state index in [-0.39, 0.29) is 24.8 Å². The van der Waals surface area contributed by atoms with Crippen molar-refractivity contribution >= 4 is 17.7 Å². The van der Waals surface area contributed by atoms with E-state index < -0.39 is 11.7 Å². The first-order chi connectivity index (χ1) is 14.8. The van der Waals surface area contributed by atoms with E-state index in [0.29, 0.717) is 28.0 Å². The summed E-state index contributed by atoms with van der Waals surface area (Å²) in [6, 6.07) is 11.7. The molecule has 0 aliphatic carbocycles. The summed E-state index contributed by atoms with van der Waals surface area (Å²) in [5.74, 6) is 1.64. The molecule has 31 heavy (non-hydrogen) atoms. The second-order valence-corrected chi connectivity index (χ2v) is 7.55. The van der Waals surface area contributed by atoms with Crippen molar-refractivity contribution in [3.63, 3.8) is 0 Å². The van der Waals surface area contributed by atoms with E-state index >= 15 is 0 Å². The van der Waals surface area contributed by atoms with Crippen molar-refractivity contribution in [1.29, 1.82) is 0 Å². The summed E-state index contributed by atoms with van der Waals surface area (Å²) in [6.07, 6.45) is -4.41. The lowest BCUT2D eigenvalue weighted by molar-refractivity contribution is -0.137. The Morgan fingerprint density at radius 3 is 2.35 bits per heavy atom. The summed E-state index contributed by atoms with van der Waals surface area (Å²) in [5, 5.41) is 10.2. The molecule has 0 N–H and O–H groups in total. The molecular formula is C20H17F3N4O3S. The maximum absolute atomic E-state index is 12.8. The molecule has 4 rings (SSSR count). The van der Waals surface area contributed by atoms with Gasteiger partial charge in [0.1, 0.15) is 18.1 Å². The first kappa shape index (κ1) is 21.0. The molecule has 0 saturated heterocycles. The molecule has 11 heteroatoms. The largest absolute Gasteiger partial charge is 0.497 e. The number of benzene rings is 2. The van der Waals surface area contributed by atoms with E-state index in [0.717, 1.165) is 12.1 Å². The first-order valence-corrected chi connectivity index (χ1v) is 10.1. The highest BCUT2D eigenvalue weighted by molar-refractivity contribution is 7.99. The molecular weight excluding hydrogens is 433 g/mol. The van der Waals surface area contributed by atoms with E-state index in [1.807, 2.05) is 0 Å². The normalized spacial score (nSPS) is 13.8. The fourth-order valence-electron chi connectivity index (χ4n) is 2.98. The second-order valence-electron chi connectivity index (χ2n) is 6.61. The molecule has 2 heterocycles. The topological polar surface area (TPSA) is 69.5 Å². The Kier molecular flexibility index (Phi) is 5.77. The number of carbonyl (C=O) groups is 1. The van der Waals surface area contributed by atoms with Gasteiger partial charge in [-0.15, -0.1) is 10.2 Å². The Morgan fingerprint density at radius 1 is 1.03 bits per heavy atom. The Labute approximate surface area is 179 Å². The average molecular weight is 450 g/mol. The minimum atomic E-state index is -4.41. The van der Waals surface area contributed by atoms with Crippen LogP contribution in [0.25, 0.3) is 0 Å². The predicted octanol–water partition coefficient (Wildman–Crippen LogP) is 3.66. The van der Waals surface area contributed by atoms with Crippen LogP contribution < -0.4 is 14.5 Å². The monoisotopic (exact) mass is 450 g/mol. The van der Waals surface area contributed by atoms with Crippen LogP contribution in [0.15, 0.2) is 53.7 Å². The highest BCUT2D eigenvalue weighted by Crippen LogP contribution is 2.30. The zero-order chi connectivity index (χ0) is 22.0. The van der Waals surface area contributed by atoms with Crippen LogP contribution in [0.4, 0.5) is 13.2 Å². The quantitative estimate of drug-likeness (QED) is 0.571. The van der Waals surface area contributed by atoms with Crippen LogP contribution in [0.2, 0.25) is 0 Å². The van der Waals surface area contributed by atoms with E-state index in [9.17, 15) is 18.0 Å². The molecule has 0 saturated carbocycles. The molecule has 7 nitrogen and oxygen atoms in total. The highest BCUT2D eigenvalue weighted by atomic mass is 32.2. The first-order valence-electron chi connectivity index (χ1n) is 9.16. The third kappa shape index (κ3) is 4.61. The fraction of sp³-hybridized carbons (Fsp3) is 0.250. The third-order valence-electron chi connectivity index (χ3n) is 4.57. The molecule has 0 bridgehead atoms. The number of nitrogens with zero attached hydrogens (tertiary/aromatic N) is 4. The van der Waals surface area contributed by atoms with Crippen molar-refractivity contribution in [2.45, 2.75) is 24.5 Å². The molecule has 1 amide bonds. The molecule has 0 atom stereocenters. The van der Waals surface area contributed by atoms with E-state index in [1.165, 1.54) is 28.9 Å². The molecule has 3 aromatic rings. The number of aromatic nitrogens is 3. The summed E-state index contributed by atoms with van der Waals surface area (Å²) in [5.41, 5.74) is -0.190. The lowest BCUT2D eigenvalue weighted by Crippen LogP contribution is -2.45. The molecule has 162 valence electrons. The van der Waals surface area contributed by atoms with Crippen LogP contribution in [0, 0.1) is 0 Å². The summed E-state index contributed by atoms with van der Waals surface area (Å²) >= 11 is 1.24. The summed E-state index contributed by atoms with van der Waals surface area (Å²) in [6.45, 7) is 0.134. The third-order valence-corrected chi connectivity index (χ3v) is 5.48. The Bertz CT molecular complexity index is 1070. The van der Waals surface area contributed by atoms with E-state index in [4.69, 9.17) is 9.47 Å². The molecule has 2 aromatic carbocycles. The molecule has 0 unspecified atom stereocenters. The van der Waals surface area contributed by atoms with Crippen LogP contribution in [-0.2, 0) is 24.1 Å². The molecule has 0 radical (unpaired) electrons. The highest BCUT2D eigenvalue weighted by Gasteiger charge is 2.31. The number of rotatable bonds is 6. The van der Waals surface area contributed by atoms with Crippen LogP contribution >= 0.6 is 11.8 Å². The lowest BCUT2D eigenvalue weighted by Gasteiger charge is -2.29. The number of alkyl halides is 3. The number of methoxy groups -OCH3 is 1. The van der Waals surface area contributed by atoms with Crippen molar-refractivity contribution in [2.24, 2.45) is 0 Å². The van der Waals surface area contributed by atoms with Gasteiger partial charge in [-0.1, -0.05) is 23.9 Å². The fourth-order valence-corrected chi connectivity index (χ4v) is 3.81. The smallest absolute Gasteiger partial charge is 0.416 e. The van der Waals surface area contributed by atoms with Gasteiger partial charge in [-0.05, 0) is 42.0 Å². The van der Waals surface area contributed by atoms with Crippen molar-refractivity contribution in [1.82, 2.24) is 14.9 Å².